The van der Waals surface area contributed by atoms with Gasteiger partial charge in [-0.25, -0.2) is 8.42 Å². The summed E-state index contributed by atoms with van der Waals surface area (Å²) in [7, 11) is -2.85. The lowest BCUT2D eigenvalue weighted by atomic mass is 10.2. The van der Waals surface area contributed by atoms with E-state index in [1.807, 2.05) is 4.72 Å². The van der Waals surface area contributed by atoms with Crippen LogP contribution in [-0.2, 0) is 26.7 Å². The smallest absolute Gasteiger partial charge is 0.322 e. The molecule has 0 spiro atoms. The Balaban J connectivity index is 3.10. The third-order valence-electron chi connectivity index (χ3n) is 2.54. The van der Waals surface area contributed by atoms with Gasteiger partial charge in [0.25, 0.3) is 5.91 Å². The molecule has 1 heterocycles. The Labute approximate surface area is 119 Å². The lowest BCUT2D eigenvalue weighted by Crippen LogP contribution is -2.43. The zero-order chi connectivity index (χ0) is 16.4. The standard InChI is InChI=1S/C10H14N4O6S/c1-14-4-5(2-7(14)9(12)16)21(19,20)13-6(10(17)18)3-8(11)15/h2,4,6,13H,3H2,1H3,(H2,11,15)(H2,12,16)(H,17,18). The van der Waals surface area contributed by atoms with Gasteiger partial charge in [-0.15, -0.1) is 0 Å². The van der Waals surface area contributed by atoms with Gasteiger partial charge in [-0.3, -0.25) is 14.4 Å². The van der Waals surface area contributed by atoms with Crippen molar-refractivity contribution in [3.8, 4) is 0 Å². The number of aliphatic carboxylic acids is 1. The van der Waals surface area contributed by atoms with Crippen LogP contribution in [0.15, 0.2) is 17.2 Å². The molecule has 10 nitrogen and oxygen atoms in total. The second-order valence-electron chi connectivity index (χ2n) is 4.22. The Morgan fingerprint density at radius 3 is 2.33 bits per heavy atom. The Morgan fingerprint density at radius 1 is 1.38 bits per heavy atom. The first-order valence-electron chi connectivity index (χ1n) is 5.54. The van der Waals surface area contributed by atoms with E-state index in [0.717, 1.165) is 12.3 Å². The number of carboxylic acid groups (broad SMARTS) is 1. The summed E-state index contributed by atoms with van der Waals surface area (Å²) in [5.74, 6) is -3.37. The van der Waals surface area contributed by atoms with Crippen molar-refractivity contribution in [3.05, 3.63) is 18.0 Å². The van der Waals surface area contributed by atoms with Crippen LogP contribution in [0.25, 0.3) is 0 Å². The number of nitrogens with zero attached hydrogens (tertiary/aromatic N) is 1. The van der Waals surface area contributed by atoms with Gasteiger partial charge < -0.3 is 21.1 Å². The van der Waals surface area contributed by atoms with Crippen LogP contribution in [0.3, 0.4) is 0 Å². The first-order valence-corrected chi connectivity index (χ1v) is 7.02. The number of sulfonamides is 1. The summed E-state index contributed by atoms with van der Waals surface area (Å²) in [4.78, 5) is 32.4. The molecule has 21 heavy (non-hydrogen) atoms. The summed E-state index contributed by atoms with van der Waals surface area (Å²) >= 11 is 0. The average Bonchev–Trinajstić information content (AvgIpc) is 2.70. The fourth-order valence-electron chi connectivity index (χ4n) is 1.56. The van der Waals surface area contributed by atoms with E-state index in [4.69, 9.17) is 16.6 Å². The molecule has 1 aromatic rings. The van der Waals surface area contributed by atoms with Crippen LogP contribution in [0.4, 0.5) is 0 Å². The molecule has 0 bridgehead atoms. The number of carbonyl (C=O) groups excluding carboxylic acids is 2. The second kappa shape index (κ2) is 5.93. The number of hydrogen-bond donors (Lipinski definition) is 4. The van der Waals surface area contributed by atoms with Gasteiger partial charge in [-0.1, -0.05) is 0 Å². The summed E-state index contributed by atoms with van der Waals surface area (Å²) in [6, 6.07) is -0.710. The number of amides is 2. The molecule has 0 aliphatic rings. The molecule has 1 unspecified atom stereocenters. The molecule has 0 fully saturated rings. The van der Waals surface area contributed by atoms with E-state index in [9.17, 15) is 22.8 Å². The first-order chi connectivity index (χ1) is 9.54. The lowest BCUT2D eigenvalue weighted by molar-refractivity contribution is -0.140. The predicted octanol–water partition coefficient (Wildman–Crippen LogP) is -2.27. The van der Waals surface area contributed by atoms with Crippen molar-refractivity contribution in [3.63, 3.8) is 0 Å². The van der Waals surface area contributed by atoms with E-state index >= 15 is 0 Å². The highest BCUT2D eigenvalue weighted by molar-refractivity contribution is 7.89. The third kappa shape index (κ3) is 4.03. The highest BCUT2D eigenvalue weighted by atomic mass is 32.2. The largest absolute Gasteiger partial charge is 0.480 e. The molecule has 2 amide bonds. The Hall–Kier alpha value is -2.40. The fraction of sp³-hybridized carbons (Fsp3) is 0.300. The quantitative estimate of drug-likeness (QED) is 0.441. The minimum atomic E-state index is -4.25. The number of aromatic nitrogens is 1. The monoisotopic (exact) mass is 318 g/mol. The van der Waals surface area contributed by atoms with Crippen LogP contribution in [-0.4, -0.2) is 41.9 Å². The molecule has 0 saturated heterocycles. The van der Waals surface area contributed by atoms with Gasteiger partial charge in [0.2, 0.25) is 15.9 Å². The van der Waals surface area contributed by atoms with Crippen LogP contribution in [0, 0.1) is 0 Å². The summed E-state index contributed by atoms with van der Waals surface area (Å²) in [5.41, 5.74) is 9.84. The molecule has 0 aliphatic carbocycles. The molecule has 0 radical (unpaired) electrons. The number of carboxylic acids is 1. The Kier molecular flexibility index (Phi) is 4.70. The number of rotatable bonds is 7. The molecule has 11 heteroatoms. The molecule has 6 N–H and O–H groups in total. The molecule has 0 saturated carbocycles. The first kappa shape index (κ1) is 16.7. The van der Waals surface area contributed by atoms with E-state index in [1.165, 1.54) is 11.6 Å². The highest BCUT2D eigenvalue weighted by Crippen LogP contribution is 2.14. The minimum absolute atomic E-state index is 0.0721. The van der Waals surface area contributed by atoms with Crippen LogP contribution < -0.4 is 16.2 Å². The molecule has 1 rings (SSSR count). The molecular weight excluding hydrogens is 304 g/mol. The van der Waals surface area contributed by atoms with Gasteiger partial charge in [0.15, 0.2) is 0 Å². The second-order valence-corrected chi connectivity index (χ2v) is 5.93. The maximum Gasteiger partial charge on any atom is 0.322 e. The molecular formula is C10H14N4O6S. The van der Waals surface area contributed by atoms with Gasteiger partial charge in [0.05, 0.1) is 6.42 Å². The third-order valence-corrected chi connectivity index (χ3v) is 3.98. The summed E-state index contributed by atoms with van der Waals surface area (Å²) in [5, 5.41) is 8.87. The topological polar surface area (TPSA) is 175 Å². The Bertz CT molecular complexity index is 692. The van der Waals surface area contributed by atoms with Crippen LogP contribution >= 0.6 is 0 Å². The van der Waals surface area contributed by atoms with Crippen molar-refractivity contribution in [2.24, 2.45) is 18.5 Å². The van der Waals surface area contributed by atoms with E-state index < -0.39 is 40.3 Å². The zero-order valence-electron chi connectivity index (χ0n) is 10.9. The number of nitrogens with one attached hydrogen (secondary N) is 1. The minimum Gasteiger partial charge on any atom is -0.480 e. The lowest BCUT2D eigenvalue weighted by Gasteiger charge is -2.12. The van der Waals surface area contributed by atoms with Crippen molar-refractivity contribution >= 4 is 27.8 Å². The number of hydrogen-bond acceptors (Lipinski definition) is 5. The van der Waals surface area contributed by atoms with E-state index in [2.05, 4.69) is 0 Å². The number of nitrogens with two attached hydrogens (primary N) is 2. The molecule has 1 atom stereocenters. The van der Waals surface area contributed by atoms with Gasteiger partial charge in [-0.2, -0.15) is 4.72 Å². The Morgan fingerprint density at radius 2 is 1.95 bits per heavy atom. The van der Waals surface area contributed by atoms with Crippen molar-refractivity contribution in [2.75, 3.05) is 0 Å². The van der Waals surface area contributed by atoms with Crippen LogP contribution in [0.2, 0.25) is 0 Å². The maximum absolute atomic E-state index is 12.0. The normalized spacial score (nSPS) is 12.8. The van der Waals surface area contributed by atoms with Gasteiger partial charge in [0.1, 0.15) is 16.6 Å². The molecule has 0 aliphatic heterocycles. The van der Waals surface area contributed by atoms with Crippen molar-refractivity contribution in [2.45, 2.75) is 17.4 Å². The highest BCUT2D eigenvalue weighted by Gasteiger charge is 2.28. The predicted molar refractivity (Wildman–Crippen MR) is 69.5 cm³/mol. The van der Waals surface area contributed by atoms with Crippen molar-refractivity contribution in [1.82, 2.24) is 9.29 Å². The van der Waals surface area contributed by atoms with Gasteiger partial charge in [-0.05, 0) is 6.07 Å². The zero-order valence-corrected chi connectivity index (χ0v) is 11.8. The number of carbonyl (C=O) groups is 3. The van der Waals surface area contributed by atoms with Crippen LogP contribution in [0.5, 0.6) is 0 Å². The van der Waals surface area contributed by atoms with Crippen molar-refractivity contribution in [1.29, 1.82) is 0 Å². The SMILES string of the molecule is Cn1cc(S(=O)(=O)NC(CC(N)=O)C(=O)O)cc1C(N)=O. The fourth-order valence-corrected chi connectivity index (χ4v) is 2.82. The number of primary amides is 2. The van der Waals surface area contributed by atoms with E-state index in [1.54, 1.807) is 0 Å². The van der Waals surface area contributed by atoms with E-state index in [-0.39, 0.29) is 10.6 Å². The maximum atomic E-state index is 12.0. The summed E-state index contributed by atoms with van der Waals surface area (Å²) in [6.07, 6.45) is 0.385. The van der Waals surface area contributed by atoms with Crippen LogP contribution in [0.1, 0.15) is 16.9 Å². The van der Waals surface area contributed by atoms with Gasteiger partial charge in [0, 0.05) is 13.2 Å². The van der Waals surface area contributed by atoms with Crippen molar-refractivity contribution < 1.29 is 27.9 Å². The summed E-state index contributed by atoms with van der Waals surface area (Å²) < 4.78 is 27.1. The average molecular weight is 318 g/mol. The number of aryl methyl sites for hydroxylation is 1. The molecule has 0 aromatic carbocycles. The molecule has 1 aromatic heterocycles. The van der Waals surface area contributed by atoms with E-state index in [0.29, 0.717) is 0 Å². The molecule has 116 valence electrons. The van der Waals surface area contributed by atoms with Gasteiger partial charge >= 0.3 is 5.97 Å². The summed E-state index contributed by atoms with van der Waals surface area (Å²) in [6.45, 7) is 0.